The summed E-state index contributed by atoms with van der Waals surface area (Å²) < 4.78 is 18.3. The summed E-state index contributed by atoms with van der Waals surface area (Å²) in [6, 6.07) is 11.4. The van der Waals surface area contributed by atoms with Crippen LogP contribution in [0.3, 0.4) is 0 Å². The zero-order chi connectivity index (χ0) is 14.8. The van der Waals surface area contributed by atoms with Gasteiger partial charge in [0, 0.05) is 17.3 Å². The maximum absolute atomic E-state index is 13.1. The molecule has 1 amide bonds. The maximum Gasteiger partial charge on any atom is 0.255 e. The molecule has 0 atom stereocenters. The van der Waals surface area contributed by atoms with E-state index in [1.54, 1.807) is 12.1 Å². The number of benzene rings is 2. The van der Waals surface area contributed by atoms with Crippen molar-refractivity contribution in [2.24, 2.45) is 0 Å². The van der Waals surface area contributed by atoms with Gasteiger partial charge in [-0.1, -0.05) is 6.07 Å². The summed E-state index contributed by atoms with van der Waals surface area (Å²) in [7, 11) is 0. The molecule has 0 radical (unpaired) electrons. The van der Waals surface area contributed by atoms with E-state index in [1.807, 2.05) is 0 Å². The molecule has 0 fully saturated rings. The Morgan fingerprint density at radius 1 is 1.10 bits per heavy atom. The van der Waals surface area contributed by atoms with Gasteiger partial charge in [-0.15, -0.1) is 0 Å². The summed E-state index contributed by atoms with van der Waals surface area (Å²) in [6.45, 7) is 0. The third kappa shape index (κ3) is 2.67. The molecule has 1 heterocycles. The molecule has 104 valence electrons. The number of anilines is 1. The van der Waals surface area contributed by atoms with Crippen LogP contribution >= 0.6 is 0 Å². The molecule has 0 saturated heterocycles. The topological polar surface area (TPSA) is 59.3 Å². The molecule has 0 aliphatic carbocycles. The number of halogens is 1. The fourth-order valence-corrected chi connectivity index (χ4v) is 1.99. The highest BCUT2D eigenvalue weighted by Gasteiger charge is 2.08. The molecule has 1 N–H and O–H groups in total. The Morgan fingerprint density at radius 2 is 1.95 bits per heavy atom. The molecule has 0 spiro atoms. The van der Waals surface area contributed by atoms with Gasteiger partial charge in [-0.2, -0.15) is 0 Å². The monoisotopic (exact) mass is 283 g/mol. The fourth-order valence-electron chi connectivity index (χ4n) is 1.99. The first-order valence-electron chi connectivity index (χ1n) is 6.22. The van der Waals surface area contributed by atoms with Crippen molar-refractivity contribution in [1.29, 1.82) is 0 Å². The van der Waals surface area contributed by atoms with E-state index in [0.717, 1.165) is 6.07 Å². The standard InChI is InChI=1S/C16H10FNO3/c17-11-3-1-2-10(8-11)16(20)18-12-4-5-15-13(9-12)14(19)6-7-21-15/h1-9H,(H,18,20). The van der Waals surface area contributed by atoms with E-state index in [2.05, 4.69) is 5.32 Å². The smallest absolute Gasteiger partial charge is 0.255 e. The van der Waals surface area contributed by atoms with Crippen molar-refractivity contribution in [3.8, 4) is 0 Å². The molecule has 5 heteroatoms. The largest absolute Gasteiger partial charge is 0.464 e. The van der Waals surface area contributed by atoms with Gasteiger partial charge in [-0.25, -0.2) is 4.39 Å². The lowest BCUT2D eigenvalue weighted by atomic mass is 10.2. The first kappa shape index (κ1) is 13.1. The van der Waals surface area contributed by atoms with E-state index < -0.39 is 11.7 Å². The highest BCUT2D eigenvalue weighted by Crippen LogP contribution is 2.17. The average molecular weight is 283 g/mol. The molecule has 0 aliphatic rings. The number of carbonyl (C=O) groups is 1. The van der Waals surface area contributed by atoms with Crippen molar-refractivity contribution >= 4 is 22.6 Å². The Hall–Kier alpha value is -2.95. The quantitative estimate of drug-likeness (QED) is 0.785. The van der Waals surface area contributed by atoms with Crippen LogP contribution in [-0.4, -0.2) is 5.91 Å². The van der Waals surface area contributed by atoms with Crippen LogP contribution < -0.4 is 10.7 Å². The van der Waals surface area contributed by atoms with Gasteiger partial charge < -0.3 is 9.73 Å². The van der Waals surface area contributed by atoms with Gasteiger partial charge in [-0.3, -0.25) is 9.59 Å². The first-order valence-corrected chi connectivity index (χ1v) is 6.22. The Bertz CT molecular complexity index is 886. The van der Waals surface area contributed by atoms with Crippen LogP contribution in [0.4, 0.5) is 10.1 Å². The van der Waals surface area contributed by atoms with E-state index in [4.69, 9.17) is 4.42 Å². The zero-order valence-corrected chi connectivity index (χ0v) is 10.8. The number of hydrogen-bond donors (Lipinski definition) is 1. The van der Waals surface area contributed by atoms with Crippen LogP contribution in [0.2, 0.25) is 0 Å². The molecule has 1 aromatic heterocycles. The van der Waals surface area contributed by atoms with Crippen LogP contribution in [0, 0.1) is 5.82 Å². The van der Waals surface area contributed by atoms with Crippen LogP contribution in [0.15, 0.2) is 64.0 Å². The second-order valence-corrected chi connectivity index (χ2v) is 4.46. The number of rotatable bonds is 2. The van der Waals surface area contributed by atoms with Crippen LogP contribution in [0.25, 0.3) is 11.0 Å². The van der Waals surface area contributed by atoms with Gasteiger partial charge >= 0.3 is 0 Å². The van der Waals surface area contributed by atoms with Crippen molar-refractivity contribution in [2.45, 2.75) is 0 Å². The van der Waals surface area contributed by atoms with E-state index in [0.29, 0.717) is 16.7 Å². The Morgan fingerprint density at radius 3 is 2.76 bits per heavy atom. The third-order valence-corrected chi connectivity index (χ3v) is 3.00. The van der Waals surface area contributed by atoms with Gasteiger partial charge in [0.05, 0.1) is 11.6 Å². The molecule has 21 heavy (non-hydrogen) atoms. The number of carbonyl (C=O) groups excluding carboxylic acids is 1. The zero-order valence-electron chi connectivity index (χ0n) is 10.8. The molecular formula is C16H10FNO3. The SMILES string of the molecule is O=C(Nc1ccc2occc(=O)c2c1)c1cccc(F)c1. The molecule has 3 rings (SSSR count). The highest BCUT2D eigenvalue weighted by atomic mass is 19.1. The molecule has 0 aliphatic heterocycles. The van der Waals surface area contributed by atoms with Crippen molar-refractivity contribution in [2.75, 3.05) is 5.32 Å². The van der Waals surface area contributed by atoms with Crippen LogP contribution in [0.5, 0.6) is 0 Å². The predicted molar refractivity (Wildman–Crippen MR) is 76.8 cm³/mol. The minimum atomic E-state index is -0.484. The van der Waals surface area contributed by atoms with Crippen molar-refractivity contribution in [3.63, 3.8) is 0 Å². The van der Waals surface area contributed by atoms with Crippen molar-refractivity contribution in [1.82, 2.24) is 0 Å². The van der Waals surface area contributed by atoms with Gasteiger partial charge in [0.1, 0.15) is 11.4 Å². The highest BCUT2D eigenvalue weighted by molar-refractivity contribution is 6.05. The Balaban J connectivity index is 1.93. The van der Waals surface area contributed by atoms with Crippen molar-refractivity contribution in [3.05, 3.63) is 76.4 Å². The molecule has 4 nitrogen and oxygen atoms in total. The Kier molecular flexibility index (Phi) is 3.23. The molecule has 2 aromatic carbocycles. The number of hydrogen-bond acceptors (Lipinski definition) is 3. The lowest BCUT2D eigenvalue weighted by Crippen LogP contribution is -2.12. The minimum absolute atomic E-state index is 0.196. The van der Waals surface area contributed by atoms with Gasteiger partial charge in [0.15, 0.2) is 5.43 Å². The normalized spacial score (nSPS) is 10.5. The first-order chi connectivity index (χ1) is 10.1. The molecule has 3 aromatic rings. The summed E-state index contributed by atoms with van der Waals surface area (Å²) in [6.07, 6.45) is 1.32. The number of amides is 1. The van der Waals surface area contributed by atoms with E-state index in [-0.39, 0.29) is 11.0 Å². The third-order valence-electron chi connectivity index (χ3n) is 3.00. The molecular weight excluding hydrogens is 273 g/mol. The summed E-state index contributed by atoms with van der Waals surface area (Å²) in [5.41, 5.74) is 0.884. The van der Waals surface area contributed by atoms with Gasteiger partial charge in [0.25, 0.3) is 5.91 Å². The predicted octanol–water partition coefficient (Wildman–Crippen LogP) is 3.18. The maximum atomic E-state index is 13.1. The van der Waals surface area contributed by atoms with E-state index in [9.17, 15) is 14.0 Å². The Labute approximate surface area is 118 Å². The van der Waals surface area contributed by atoms with E-state index in [1.165, 1.54) is 36.6 Å². The minimum Gasteiger partial charge on any atom is -0.464 e. The molecule has 0 saturated carbocycles. The van der Waals surface area contributed by atoms with E-state index >= 15 is 0 Å². The number of nitrogens with one attached hydrogen (secondary N) is 1. The second kappa shape index (κ2) is 5.20. The van der Waals surface area contributed by atoms with Crippen LogP contribution in [-0.2, 0) is 0 Å². The summed E-state index contributed by atoms with van der Waals surface area (Å²) in [4.78, 5) is 23.7. The summed E-state index contributed by atoms with van der Waals surface area (Å²) in [5.74, 6) is -0.934. The average Bonchev–Trinajstić information content (AvgIpc) is 2.48. The van der Waals surface area contributed by atoms with Crippen molar-refractivity contribution < 1.29 is 13.6 Å². The molecule has 0 bridgehead atoms. The second-order valence-electron chi connectivity index (χ2n) is 4.46. The summed E-state index contributed by atoms with van der Waals surface area (Å²) >= 11 is 0. The number of fused-ring (bicyclic) bond motifs is 1. The van der Waals surface area contributed by atoms with Gasteiger partial charge in [0.2, 0.25) is 0 Å². The lowest BCUT2D eigenvalue weighted by Gasteiger charge is -2.06. The van der Waals surface area contributed by atoms with Gasteiger partial charge in [-0.05, 0) is 36.4 Å². The fraction of sp³-hybridized carbons (Fsp3) is 0. The van der Waals surface area contributed by atoms with Crippen LogP contribution in [0.1, 0.15) is 10.4 Å². The molecule has 0 unspecified atom stereocenters. The summed E-state index contributed by atoms with van der Waals surface area (Å²) in [5, 5.41) is 2.99. The lowest BCUT2D eigenvalue weighted by molar-refractivity contribution is 0.102.